The average Bonchev–Trinajstić information content (AvgIpc) is 3.15. The van der Waals surface area contributed by atoms with Crippen LogP contribution >= 0.6 is 0 Å². The zero-order valence-corrected chi connectivity index (χ0v) is 15.3. The van der Waals surface area contributed by atoms with E-state index in [2.05, 4.69) is 9.88 Å². The Morgan fingerprint density at radius 2 is 1.62 bits per heavy atom. The molecule has 6 heteroatoms. The molecule has 0 saturated heterocycles. The molecule has 0 unspecified atom stereocenters. The van der Waals surface area contributed by atoms with Crippen molar-refractivity contribution in [2.24, 2.45) is 0 Å². The smallest absolute Gasteiger partial charge is 0.255 e. The zero-order valence-electron chi connectivity index (χ0n) is 15.3. The largest absolute Gasteiger partial charge is 0.335 e. The van der Waals surface area contributed by atoms with E-state index in [0.717, 1.165) is 25.7 Å². The minimum atomic E-state index is -0.163. The summed E-state index contributed by atoms with van der Waals surface area (Å²) in [5.74, 6) is 0.625. The topological polar surface area (TPSA) is 59.6 Å². The standard InChI is InChI=1S/C20H28N4O2/c25-18-11-13-22-14-12-21-20(22)23(18)15-19(26)24(16-7-3-1-4-8-16)17-9-5-2-6-10-17/h11-14,16-17H,1-10,15H2. The van der Waals surface area contributed by atoms with Gasteiger partial charge in [0.15, 0.2) is 0 Å². The van der Waals surface area contributed by atoms with E-state index in [1.165, 1.54) is 49.2 Å². The summed E-state index contributed by atoms with van der Waals surface area (Å²) < 4.78 is 3.31. The molecule has 0 radical (unpaired) electrons. The second kappa shape index (κ2) is 7.64. The normalized spacial score (nSPS) is 19.7. The first-order valence-electron chi connectivity index (χ1n) is 10.1. The number of carbonyl (C=O) groups excluding carboxylic acids is 1. The van der Waals surface area contributed by atoms with Gasteiger partial charge in [-0.1, -0.05) is 38.5 Å². The molecule has 0 atom stereocenters. The van der Waals surface area contributed by atoms with Crippen molar-refractivity contribution in [3.8, 4) is 0 Å². The minimum Gasteiger partial charge on any atom is -0.335 e. The summed E-state index contributed by atoms with van der Waals surface area (Å²) in [4.78, 5) is 32.2. The SMILES string of the molecule is O=C(Cn1c(=O)ccn2ccnc12)N(C1CCCCC1)C1CCCCC1. The van der Waals surface area contributed by atoms with Crippen molar-refractivity contribution in [2.45, 2.75) is 82.8 Å². The van der Waals surface area contributed by atoms with E-state index in [-0.39, 0.29) is 18.0 Å². The summed E-state index contributed by atoms with van der Waals surface area (Å²) in [5.41, 5.74) is -0.163. The summed E-state index contributed by atoms with van der Waals surface area (Å²) in [6, 6.07) is 2.19. The Bertz CT molecular complexity index is 795. The molecule has 0 aliphatic heterocycles. The van der Waals surface area contributed by atoms with E-state index >= 15 is 0 Å². The number of amides is 1. The van der Waals surface area contributed by atoms with Gasteiger partial charge < -0.3 is 4.90 Å². The molecular weight excluding hydrogens is 328 g/mol. The molecule has 2 fully saturated rings. The predicted octanol–water partition coefficient (Wildman–Crippen LogP) is 2.99. The van der Waals surface area contributed by atoms with Gasteiger partial charge in [0, 0.05) is 36.7 Å². The first kappa shape index (κ1) is 17.3. The molecule has 2 aromatic rings. The van der Waals surface area contributed by atoms with E-state index < -0.39 is 0 Å². The lowest BCUT2D eigenvalue weighted by molar-refractivity contribution is -0.138. The second-order valence-electron chi connectivity index (χ2n) is 7.76. The van der Waals surface area contributed by atoms with E-state index in [0.29, 0.717) is 17.9 Å². The van der Waals surface area contributed by atoms with Crippen LogP contribution in [0, 0.1) is 0 Å². The molecule has 2 aromatic heterocycles. The molecule has 2 heterocycles. The van der Waals surface area contributed by atoms with Gasteiger partial charge in [-0.3, -0.25) is 18.6 Å². The number of fused-ring (bicyclic) bond motifs is 1. The van der Waals surface area contributed by atoms with Crippen LogP contribution in [0.1, 0.15) is 64.2 Å². The van der Waals surface area contributed by atoms with Crippen LogP contribution in [0.2, 0.25) is 0 Å². The van der Waals surface area contributed by atoms with Gasteiger partial charge >= 0.3 is 0 Å². The number of hydrogen-bond donors (Lipinski definition) is 0. The van der Waals surface area contributed by atoms with Crippen molar-refractivity contribution in [1.82, 2.24) is 18.9 Å². The first-order chi connectivity index (χ1) is 12.7. The molecule has 2 saturated carbocycles. The molecule has 0 aromatic carbocycles. The van der Waals surface area contributed by atoms with Gasteiger partial charge in [0.25, 0.3) is 5.56 Å². The summed E-state index contributed by atoms with van der Waals surface area (Å²) in [7, 11) is 0. The Hall–Kier alpha value is -2.11. The Labute approximate surface area is 153 Å². The summed E-state index contributed by atoms with van der Waals surface area (Å²) >= 11 is 0. The molecule has 0 bridgehead atoms. The number of carbonyl (C=O) groups is 1. The van der Waals surface area contributed by atoms with E-state index in [1.807, 2.05) is 0 Å². The van der Waals surface area contributed by atoms with Crippen LogP contribution in [0.25, 0.3) is 5.78 Å². The van der Waals surface area contributed by atoms with Crippen LogP contribution < -0.4 is 5.56 Å². The number of aromatic nitrogens is 3. The summed E-state index contributed by atoms with van der Waals surface area (Å²) in [6.45, 7) is 0.0905. The van der Waals surface area contributed by atoms with Crippen molar-refractivity contribution >= 4 is 11.7 Å². The maximum Gasteiger partial charge on any atom is 0.255 e. The lowest BCUT2D eigenvalue weighted by Crippen LogP contribution is -2.50. The van der Waals surface area contributed by atoms with Gasteiger partial charge in [0.1, 0.15) is 6.54 Å². The number of rotatable bonds is 4. The Kier molecular flexibility index (Phi) is 5.09. The van der Waals surface area contributed by atoms with Crippen LogP contribution in [0.5, 0.6) is 0 Å². The maximum atomic E-state index is 13.4. The van der Waals surface area contributed by atoms with Crippen molar-refractivity contribution in [2.75, 3.05) is 0 Å². The number of nitrogens with zero attached hydrogens (tertiary/aromatic N) is 4. The highest BCUT2D eigenvalue weighted by molar-refractivity contribution is 5.77. The Morgan fingerprint density at radius 1 is 1.00 bits per heavy atom. The molecule has 6 nitrogen and oxygen atoms in total. The molecule has 26 heavy (non-hydrogen) atoms. The third kappa shape index (κ3) is 3.41. The Morgan fingerprint density at radius 3 is 2.23 bits per heavy atom. The van der Waals surface area contributed by atoms with Crippen LogP contribution in [0.3, 0.4) is 0 Å². The van der Waals surface area contributed by atoms with Gasteiger partial charge in [-0.15, -0.1) is 0 Å². The summed E-state index contributed by atoms with van der Waals surface area (Å²) in [6.07, 6.45) is 16.9. The molecule has 0 N–H and O–H groups in total. The van der Waals surface area contributed by atoms with Crippen molar-refractivity contribution in [3.05, 3.63) is 35.0 Å². The van der Waals surface area contributed by atoms with Crippen LogP contribution in [-0.4, -0.2) is 36.8 Å². The Balaban J connectivity index is 1.61. The second-order valence-corrected chi connectivity index (χ2v) is 7.76. The fraction of sp³-hybridized carbons (Fsp3) is 0.650. The number of imidazole rings is 1. The lowest BCUT2D eigenvalue weighted by Gasteiger charge is -2.42. The van der Waals surface area contributed by atoms with Gasteiger partial charge in [0.05, 0.1) is 0 Å². The molecular formula is C20H28N4O2. The van der Waals surface area contributed by atoms with Crippen LogP contribution in [-0.2, 0) is 11.3 Å². The highest BCUT2D eigenvalue weighted by Gasteiger charge is 2.32. The number of hydrogen-bond acceptors (Lipinski definition) is 3. The van der Waals surface area contributed by atoms with Gasteiger partial charge in [-0.05, 0) is 25.7 Å². The highest BCUT2D eigenvalue weighted by atomic mass is 16.2. The third-order valence-corrected chi connectivity index (χ3v) is 6.05. The molecule has 0 spiro atoms. The van der Waals surface area contributed by atoms with Crippen LogP contribution in [0.4, 0.5) is 0 Å². The lowest BCUT2D eigenvalue weighted by atomic mass is 9.88. The fourth-order valence-corrected chi connectivity index (χ4v) is 4.75. The molecule has 140 valence electrons. The monoisotopic (exact) mass is 356 g/mol. The molecule has 2 aliphatic rings. The quantitative estimate of drug-likeness (QED) is 0.846. The van der Waals surface area contributed by atoms with Gasteiger partial charge in [0.2, 0.25) is 11.7 Å². The zero-order chi connectivity index (χ0) is 17.9. The van der Waals surface area contributed by atoms with Crippen molar-refractivity contribution < 1.29 is 4.79 Å². The van der Waals surface area contributed by atoms with Gasteiger partial charge in [-0.2, -0.15) is 0 Å². The molecule has 4 rings (SSSR count). The van der Waals surface area contributed by atoms with E-state index in [9.17, 15) is 9.59 Å². The third-order valence-electron chi connectivity index (χ3n) is 6.05. The van der Waals surface area contributed by atoms with Crippen molar-refractivity contribution in [3.63, 3.8) is 0 Å². The highest BCUT2D eigenvalue weighted by Crippen LogP contribution is 2.30. The maximum absolute atomic E-state index is 13.4. The molecule has 2 aliphatic carbocycles. The first-order valence-corrected chi connectivity index (χ1v) is 10.1. The van der Waals surface area contributed by atoms with Crippen molar-refractivity contribution in [1.29, 1.82) is 0 Å². The fourth-order valence-electron chi connectivity index (χ4n) is 4.75. The van der Waals surface area contributed by atoms with E-state index in [1.54, 1.807) is 23.0 Å². The van der Waals surface area contributed by atoms with Gasteiger partial charge in [-0.25, -0.2) is 4.98 Å². The predicted molar refractivity (Wildman–Crippen MR) is 100 cm³/mol. The summed E-state index contributed by atoms with van der Waals surface area (Å²) in [5, 5.41) is 0. The minimum absolute atomic E-state index is 0.0852. The van der Waals surface area contributed by atoms with Crippen LogP contribution in [0.15, 0.2) is 29.5 Å². The molecule has 1 amide bonds. The average molecular weight is 356 g/mol. The van der Waals surface area contributed by atoms with E-state index in [4.69, 9.17) is 0 Å².